The minimum atomic E-state index is -0.707. The van der Waals surface area contributed by atoms with Crippen LogP contribution < -0.4 is 0 Å². The second-order valence-electron chi connectivity index (χ2n) is 2.19. The van der Waals surface area contributed by atoms with Crippen LogP contribution in [-0.2, 0) is 19.0 Å². The number of esters is 1. The molecule has 0 saturated carbocycles. The number of hydrogen-bond donors (Lipinski definition) is 0. The van der Waals surface area contributed by atoms with Gasteiger partial charge in [-0.05, 0) is 6.92 Å². The summed E-state index contributed by atoms with van der Waals surface area (Å²) in [6.07, 6.45) is 0. The third-order valence-corrected chi connectivity index (χ3v) is 1.35. The lowest BCUT2D eigenvalue weighted by atomic mass is 10.3. The zero-order valence-corrected chi connectivity index (χ0v) is 7.20. The first-order valence-electron chi connectivity index (χ1n) is 3.86. The van der Waals surface area contributed by atoms with Crippen molar-refractivity contribution in [2.75, 3.05) is 19.8 Å². The van der Waals surface area contributed by atoms with E-state index in [-0.39, 0.29) is 18.1 Å². The number of nitrogens with zero attached hydrogens (tertiary/aromatic N) is 1. The van der Waals surface area contributed by atoms with Crippen LogP contribution in [0.4, 0.5) is 0 Å². The van der Waals surface area contributed by atoms with Crippen LogP contribution in [0.5, 0.6) is 0 Å². The molecule has 0 aromatic heterocycles. The number of rotatable bonds is 2. The van der Waals surface area contributed by atoms with Gasteiger partial charge in [-0.1, -0.05) is 0 Å². The van der Waals surface area contributed by atoms with Gasteiger partial charge in [0.2, 0.25) is 5.57 Å². The summed E-state index contributed by atoms with van der Waals surface area (Å²) in [6.45, 7) is 2.60. The molecule has 1 rings (SSSR count). The molecule has 0 bridgehead atoms. The highest BCUT2D eigenvalue weighted by atomic mass is 16.7. The lowest BCUT2D eigenvalue weighted by molar-refractivity contribution is -0.138. The second-order valence-corrected chi connectivity index (χ2v) is 2.19. The molecule has 1 aliphatic heterocycles. The topological polar surface area (TPSA) is 68.6 Å². The molecule has 1 saturated heterocycles. The van der Waals surface area contributed by atoms with Crippen molar-refractivity contribution in [3.05, 3.63) is 11.5 Å². The standard InChI is InChI=1S/C8H9NO4/c1-2-11-7(10)6(5-9)8-12-3-4-13-8/h2-4H2,1H3. The molecule has 70 valence electrons. The molecule has 1 fully saturated rings. The van der Waals surface area contributed by atoms with Gasteiger partial charge in [-0.2, -0.15) is 5.26 Å². The second kappa shape index (κ2) is 4.36. The highest BCUT2D eigenvalue weighted by molar-refractivity contribution is 5.93. The van der Waals surface area contributed by atoms with E-state index in [9.17, 15) is 4.79 Å². The fourth-order valence-corrected chi connectivity index (χ4v) is 0.833. The lowest BCUT2D eigenvalue weighted by Gasteiger charge is -2.01. The maximum atomic E-state index is 11.1. The first kappa shape index (κ1) is 9.39. The summed E-state index contributed by atoms with van der Waals surface area (Å²) in [5, 5.41) is 8.61. The Balaban J connectivity index is 2.77. The lowest BCUT2D eigenvalue weighted by Crippen LogP contribution is -2.09. The van der Waals surface area contributed by atoms with Crippen LogP contribution >= 0.6 is 0 Å². The summed E-state index contributed by atoms with van der Waals surface area (Å²) >= 11 is 0. The predicted molar refractivity (Wildman–Crippen MR) is 41.2 cm³/mol. The van der Waals surface area contributed by atoms with Gasteiger partial charge in [0.25, 0.3) is 0 Å². The van der Waals surface area contributed by atoms with Gasteiger partial charge in [-0.3, -0.25) is 0 Å². The smallest absolute Gasteiger partial charge is 0.356 e. The first-order chi connectivity index (χ1) is 6.29. The molecule has 1 heterocycles. The predicted octanol–water partition coefficient (Wildman–Crippen LogP) is 0.331. The molecule has 0 atom stereocenters. The Hall–Kier alpha value is -1.70. The minimum Gasteiger partial charge on any atom is -0.462 e. The fourth-order valence-electron chi connectivity index (χ4n) is 0.833. The van der Waals surface area contributed by atoms with Gasteiger partial charge in [0.1, 0.15) is 19.3 Å². The van der Waals surface area contributed by atoms with Gasteiger partial charge in [0.05, 0.1) is 6.61 Å². The Morgan fingerprint density at radius 2 is 2.23 bits per heavy atom. The largest absolute Gasteiger partial charge is 0.462 e. The summed E-state index contributed by atoms with van der Waals surface area (Å²) in [4.78, 5) is 11.1. The minimum absolute atomic E-state index is 0.0269. The Labute approximate surface area is 75.5 Å². The van der Waals surface area contributed by atoms with E-state index in [0.717, 1.165) is 0 Å². The van der Waals surface area contributed by atoms with Crippen LogP contribution in [0.3, 0.4) is 0 Å². The van der Waals surface area contributed by atoms with Crippen molar-refractivity contribution in [3.8, 4) is 6.07 Å². The molecule has 5 nitrogen and oxygen atoms in total. The van der Waals surface area contributed by atoms with Gasteiger partial charge < -0.3 is 14.2 Å². The third kappa shape index (κ3) is 2.12. The molecule has 0 amide bonds. The molecule has 0 N–H and O–H groups in total. The molecule has 0 aromatic rings. The van der Waals surface area contributed by atoms with E-state index in [1.807, 2.05) is 0 Å². The number of ether oxygens (including phenoxy) is 3. The van der Waals surface area contributed by atoms with Gasteiger partial charge >= 0.3 is 11.9 Å². The van der Waals surface area contributed by atoms with Crippen molar-refractivity contribution in [2.24, 2.45) is 0 Å². The molecule has 0 aliphatic carbocycles. The van der Waals surface area contributed by atoms with E-state index in [2.05, 4.69) is 4.74 Å². The van der Waals surface area contributed by atoms with Crippen molar-refractivity contribution in [2.45, 2.75) is 6.92 Å². The van der Waals surface area contributed by atoms with Crippen LogP contribution in [-0.4, -0.2) is 25.8 Å². The van der Waals surface area contributed by atoms with E-state index in [0.29, 0.717) is 13.2 Å². The maximum absolute atomic E-state index is 11.1. The quantitative estimate of drug-likeness (QED) is 0.350. The van der Waals surface area contributed by atoms with Gasteiger partial charge in [0, 0.05) is 0 Å². The number of carbonyl (C=O) groups excluding carboxylic acids is 1. The molecule has 0 aromatic carbocycles. The highest BCUT2D eigenvalue weighted by Gasteiger charge is 2.22. The summed E-state index contributed by atoms with van der Waals surface area (Å²) in [5.41, 5.74) is -0.209. The molecular weight excluding hydrogens is 174 g/mol. The number of hydrogen-bond acceptors (Lipinski definition) is 5. The van der Waals surface area contributed by atoms with Gasteiger partial charge in [-0.25, -0.2) is 4.79 Å². The van der Waals surface area contributed by atoms with Crippen LogP contribution in [0.2, 0.25) is 0 Å². The van der Waals surface area contributed by atoms with Crippen molar-refractivity contribution < 1.29 is 19.0 Å². The average Bonchev–Trinajstić information content (AvgIpc) is 2.59. The van der Waals surface area contributed by atoms with Gasteiger partial charge in [0.15, 0.2) is 0 Å². The number of carbonyl (C=O) groups is 1. The summed E-state index contributed by atoms with van der Waals surface area (Å²) in [5.74, 6) is -0.733. The van der Waals surface area contributed by atoms with Crippen molar-refractivity contribution in [1.82, 2.24) is 0 Å². The van der Waals surface area contributed by atoms with E-state index >= 15 is 0 Å². The highest BCUT2D eigenvalue weighted by Crippen LogP contribution is 2.14. The van der Waals surface area contributed by atoms with Crippen LogP contribution in [0.25, 0.3) is 0 Å². The summed E-state index contributed by atoms with van der Waals surface area (Å²) < 4.78 is 14.4. The Morgan fingerprint density at radius 3 is 2.69 bits per heavy atom. The number of nitriles is 1. The Bertz CT molecular complexity index is 268. The molecule has 1 aliphatic rings. The van der Waals surface area contributed by atoms with Crippen molar-refractivity contribution >= 4 is 5.97 Å². The van der Waals surface area contributed by atoms with E-state index < -0.39 is 5.97 Å². The molecule has 0 radical (unpaired) electrons. The van der Waals surface area contributed by atoms with E-state index in [1.54, 1.807) is 13.0 Å². The Morgan fingerprint density at radius 1 is 1.62 bits per heavy atom. The first-order valence-corrected chi connectivity index (χ1v) is 3.86. The maximum Gasteiger partial charge on any atom is 0.356 e. The van der Waals surface area contributed by atoms with Crippen molar-refractivity contribution in [3.63, 3.8) is 0 Å². The third-order valence-electron chi connectivity index (χ3n) is 1.35. The SMILES string of the molecule is CCOC(=O)C(C#N)=C1OCCO1. The van der Waals surface area contributed by atoms with E-state index in [4.69, 9.17) is 14.7 Å². The average molecular weight is 183 g/mol. The van der Waals surface area contributed by atoms with Crippen LogP contribution in [0.1, 0.15) is 6.92 Å². The molecule has 13 heavy (non-hydrogen) atoms. The van der Waals surface area contributed by atoms with Crippen LogP contribution in [0, 0.1) is 11.3 Å². The molecule has 5 heteroatoms. The zero-order chi connectivity index (χ0) is 9.68. The molecular formula is C8H9NO4. The fraction of sp³-hybridized carbons (Fsp3) is 0.500. The van der Waals surface area contributed by atoms with Crippen molar-refractivity contribution in [1.29, 1.82) is 5.26 Å². The van der Waals surface area contributed by atoms with Crippen LogP contribution in [0.15, 0.2) is 11.5 Å². The summed E-state index contributed by atoms with van der Waals surface area (Å²) in [7, 11) is 0. The monoisotopic (exact) mass is 183 g/mol. The van der Waals surface area contributed by atoms with E-state index in [1.165, 1.54) is 0 Å². The molecule has 0 unspecified atom stereocenters. The van der Waals surface area contributed by atoms with Gasteiger partial charge in [-0.15, -0.1) is 0 Å². The normalized spacial score (nSPS) is 14.0. The summed E-state index contributed by atoms with van der Waals surface area (Å²) in [6, 6.07) is 1.68. The Kier molecular flexibility index (Phi) is 3.15. The molecule has 0 spiro atoms. The zero-order valence-electron chi connectivity index (χ0n) is 7.20.